The van der Waals surface area contributed by atoms with Gasteiger partial charge in [-0.15, -0.1) is 0 Å². The molecule has 0 aliphatic rings. The Hall–Kier alpha value is -2.81. The highest BCUT2D eigenvalue weighted by atomic mass is 31.2. The van der Waals surface area contributed by atoms with Crippen molar-refractivity contribution >= 4 is 19.7 Å². The topological polar surface area (TPSA) is 111 Å². The summed E-state index contributed by atoms with van der Waals surface area (Å²) in [4.78, 5) is 37.8. The Morgan fingerprint density at radius 2 is 0.790 bits per heavy atom. The number of carbonyl (C=O) groups excluding carboxylic acids is 2. The van der Waals surface area contributed by atoms with Crippen LogP contribution in [0.3, 0.4) is 0 Å². The molecule has 3 unspecified atom stereocenters. The van der Waals surface area contributed by atoms with Crippen LogP contribution in [0.5, 0.6) is 0 Å². The van der Waals surface area contributed by atoms with Crippen molar-refractivity contribution in [1.82, 2.24) is 5.32 Å². The van der Waals surface area contributed by atoms with E-state index < -0.39 is 20.0 Å². The number of amides is 1. The lowest BCUT2D eigenvalue weighted by molar-refractivity contribution is -0.870. The fourth-order valence-electron chi connectivity index (χ4n) is 9.80. The summed E-state index contributed by atoms with van der Waals surface area (Å²) in [5, 5.41) is 3.04. The molecule has 0 aromatic heterocycles. The summed E-state index contributed by atoms with van der Waals surface area (Å²) in [5.74, 6) is -0.548. The number of phosphoric ester groups is 1. The van der Waals surface area contributed by atoms with Crippen LogP contribution in [-0.2, 0) is 27.9 Å². The summed E-state index contributed by atoms with van der Waals surface area (Å²) in [7, 11) is 1.46. The second kappa shape index (κ2) is 60.3. The van der Waals surface area contributed by atoms with Gasteiger partial charge in [-0.3, -0.25) is 18.6 Å². The molecule has 0 spiro atoms. The summed E-state index contributed by atoms with van der Waals surface area (Å²) >= 11 is 0. The Labute approximate surface area is 501 Å². The molecular weight excluding hydrogens is 1020 g/mol. The van der Waals surface area contributed by atoms with E-state index in [1.807, 2.05) is 94.1 Å². The zero-order valence-electron chi connectivity index (χ0n) is 53.8. The van der Waals surface area contributed by atoms with Gasteiger partial charge in [-0.1, -0.05) is 324 Å². The quantitative estimate of drug-likeness (QED) is 0.0156. The van der Waals surface area contributed by atoms with Crippen molar-refractivity contribution in [3.63, 3.8) is 0 Å². The number of unbranched alkanes of at least 4 members (excludes halogenated alkanes) is 38. The second-order valence-electron chi connectivity index (χ2n) is 24.1. The third-order valence-electron chi connectivity index (χ3n) is 15.0. The Kier molecular flexibility index (Phi) is 58.2. The normalized spacial score (nSPS) is 14.1. The molecule has 0 saturated carbocycles. The van der Waals surface area contributed by atoms with Crippen molar-refractivity contribution in [3.05, 3.63) is 85.1 Å². The fourth-order valence-corrected chi connectivity index (χ4v) is 10.5. The molecule has 0 aromatic rings. The average Bonchev–Trinajstić information content (AvgIpc) is 3.44. The first-order valence-corrected chi connectivity index (χ1v) is 35.5. The minimum absolute atomic E-state index is 0.0287. The number of esters is 1. The van der Waals surface area contributed by atoms with Gasteiger partial charge in [-0.2, -0.15) is 0 Å². The SMILES string of the molecule is CC\C=C/C=C/C=C/C=C\C=C\C=C\CCCCCC(=O)NC(COP(=O)(O)OCC[N+](C)(C)C)C(/C=C\CCCCCCCCCCCCC)OC(=O)CCCCCCCCCCCCCCCCCCCCCCCCCCC. The molecule has 0 aromatic carbocycles. The smallest absolute Gasteiger partial charge is 0.456 e. The summed E-state index contributed by atoms with van der Waals surface area (Å²) in [6.07, 6.45) is 80.3. The van der Waals surface area contributed by atoms with E-state index in [2.05, 4.69) is 38.2 Å². The lowest BCUT2D eigenvalue weighted by Gasteiger charge is -2.27. The van der Waals surface area contributed by atoms with Crippen LogP contribution in [0.25, 0.3) is 0 Å². The summed E-state index contributed by atoms with van der Waals surface area (Å²) in [6.45, 7) is 6.86. The number of hydrogen-bond donors (Lipinski definition) is 2. The molecule has 0 saturated heterocycles. The number of phosphoric acid groups is 1. The monoisotopic (exact) mass is 1150 g/mol. The fraction of sp³-hybridized carbons (Fsp3) is 0.775. The number of allylic oxidation sites excluding steroid dienone is 13. The predicted octanol–water partition coefficient (Wildman–Crippen LogP) is 21.3. The van der Waals surface area contributed by atoms with Crippen molar-refractivity contribution in [3.8, 4) is 0 Å². The van der Waals surface area contributed by atoms with Crippen LogP contribution in [0.2, 0.25) is 0 Å². The van der Waals surface area contributed by atoms with Gasteiger partial charge in [-0.25, -0.2) is 4.57 Å². The van der Waals surface area contributed by atoms with E-state index in [4.69, 9.17) is 13.8 Å². The van der Waals surface area contributed by atoms with Gasteiger partial charge < -0.3 is 19.4 Å². The van der Waals surface area contributed by atoms with Gasteiger partial charge in [0.25, 0.3) is 0 Å². The Balaban J connectivity index is 5.16. The van der Waals surface area contributed by atoms with Crippen molar-refractivity contribution in [1.29, 1.82) is 0 Å². The standard InChI is InChI=1S/C71H129N2O7P/c1-7-10-13-16-19-22-25-28-30-32-33-34-35-36-37-38-39-41-43-46-49-52-55-58-61-64-71(75)80-69(62-59-56-53-50-47-44-27-24-21-18-15-12-9-3)68(67-79-81(76,77)78-66-65-73(4,5)6)72-70(74)63-60-57-54-51-48-45-42-40-31-29-26-23-20-17-14-11-8-2/h11,14,17,20,23,26,29,31,40,42,45,48,59,62,68-69H,7-10,12-13,15-16,18-19,21-22,24-25,27-28,30,32-39,41,43-44,46-47,49-58,60-61,63-67H2,1-6H3,(H-,72,74,76,77)/p+1/b14-11-,20-17+,26-23+,31-29-,42-40+,48-45+,62-59-. The van der Waals surface area contributed by atoms with Gasteiger partial charge >= 0.3 is 13.8 Å². The first-order chi connectivity index (χ1) is 39.4. The van der Waals surface area contributed by atoms with E-state index in [9.17, 15) is 19.0 Å². The zero-order valence-corrected chi connectivity index (χ0v) is 54.7. The lowest BCUT2D eigenvalue weighted by Crippen LogP contribution is -2.47. The third-order valence-corrected chi connectivity index (χ3v) is 16.0. The molecule has 0 aliphatic heterocycles. The van der Waals surface area contributed by atoms with Crippen molar-refractivity contribution in [2.45, 2.75) is 315 Å². The van der Waals surface area contributed by atoms with Crippen molar-refractivity contribution < 1.29 is 37.3 Å². The largest absolute Gasteiger partial charge is 0.472 e. The molecule has 0 rings (SSSR count). The van der Waals surface area contributed by atoms with E-state index in [0.717, 1.165) is 64.2 Å². The molecule has 0 bridgehead atoms. The van der Waals surface area contributed by atoms with Crippen LogP contribution in [0, 0.1) is 0 Å². The minimum atomic E-state index is -4.47. The highest BCUT2D eigenvalue weighted by Crippen LogP contribution is 2.43. The first-order valence-electron chi connectivity index (χ1n) is 34.0. The molecule has 10 heteroatoms. The maximum absolute atomic E-state index is 13.6. The number of nitrogens with one attached hydrogen (secondary N) is 1. The van der Waals surface area contributed by atoms with Crippen LogP contribution in [0.1, 0.15) is 303 Å². The maximum Gasteiger partial charge on any atom is 0.472 e. The minimum Gasteiger partial charge on any atom is -0.456 e. The van der Waals surface area contributed by atoms with Crippen molar-refractivity contribution in [2.75, 3.05) is 40.9 Å². The van der Waals surface area contributed by atoms with Crippen molar-refractivity contribution in [2.24, 2.45) is 0 Å². The van der Waals surface area contributed by atoms with E-state index in [1.165, 1.54) is 199 Å². The number of rotatable bonds is 61. The highest BCUT2D eigenvalue weighted by molar-refractivity contribution is 7.47. The molecule has 81 heavy (non-hydrogen) atoms. The average molecular weight is 1150 g/mol. The van der Waals surface area contributed by atoms with Gasteiger partial charge in [-0.05, 0) is 51.0 Å². The van der Waals surface area contributed by atoms with Gasteiger partial charge in [0, 0.05) is 12.8 Å². The van der Waals surface area contributed by atoms with E-state index in [1.54, 1.807) is 0 Å². The number of likely N-dealkylation sites (N-methyl/N-ethyl adjacent to an activating group) is 1. The highest BCUT2D eigenvalue weighted by Gasteiger charge is 2.30. The molecular formula is C71H130N2O7P+. The van der Waals surface area contributed by atoms with E-state index in [-0.39, 0.29) is 37.9 Å². The van der Waals surface area contributed by atoms with E-state index in [0.29, 0.717) is 17.4 Å². The Morgan fingerprint density at radius 3 is 1.20 bits per heavy atom. The maximum atomic E-state index is 13.6. The Morgan fingerprint density at radius 1 is 0.444 bits per heavy atom. The number of nitrogens with zero attached hydrogens (tertiary/aromatic N) is 1. The second-order valence-corrected chi connectivity index (χ2v) is 25.6. The molecule has 1 amide bonds. The van der Waals surface area contributed by atoms with Gasteiger partial charge in [0.15, 0.2) is 0 Å². The predicted molar refractivity (Wildman–Crippen MR) is 351 cm³/mol. The molecule has 0 aliphatic carbocycles. The first kappa shape index (κ1) is 78.2. The molecule has 3 atom stereocenters. The number of quaternary nitrogens is 1. The van der Waals surface area contributed by atoms with Crippen LogP contribution in [0.15, 0.2) is 85.1 Å². The van der Waals surface area contributed by atoms with Crippen LogP contribution < -0.4 is 5.32 Å². The van der Waals surface area contributed by atoms with Crippen LogP contribution in [0.4, 0.5) is 0 Å². The summed E-state index contributed by atoms with van der Waals surface area (Å²) < 4.78 is 30.7. The molecule has 0 fully saturated rings. The van der Waals surface area contributed by atoms with E-state index >= 15 is 0 Å². The third kappa shape index (κ3) is 61.6. The van der Waals surface area contributed by atoms with Crippen LogP contribution in [-0.4, -0.2) is 74.3 Å². The lowest BCUT2D eigenvalue weighted by atomic mass is 10.0. The molecule has 2 N–H and O–H groups in total. The molecule has 0 heterocycles. The summed E-state index contributed by atoms with van der Waals surface area (Å²) in [6, 6.07) is -0.875. The van der Waals surface area contributed by atoms with Gasteiger partial charge in [0.2, 0.25) is 5.91 Å². The van der Waals surface area contributed by atoms with Gasteiger partial charge in [0.05, 0.1) is 33.8 Å². The molecule has 0 radical (unpaired) electrons. The zero-order chi connectivity index (χ0) is 59.3. The number of ether oxygens (including phenoxy) is 1. The number of carbonyl (C=O) groups is 2. The molecule has 470 valence electrons. The summed E-state index contributed by atoms with van der Waals surface area (Å²) in [5.41, 5.74) is 0. The Bertz CT molecular complexity index is 1660. The number of hydrogen-bond acceptors (Lipinski definition) is 6. The van der Waals surface area contributed by atoms with Gasteiger partial charge in [0.1, 0.15) is 19.3 Å². The molecule has 9 nitrogen and oxygen atoms in total. The van der Waals surface area contributed by atoms with Crippen LogP contribution >= 0.6 is 7.82 Å².